The Hall–Kier alpha value is -3.73. The lowest BCUT2D eigenvalue weighted by atomic mass is 10.0. The zero-order valence-electron chi connectivity index (χ0n) is 17.4. The SMILES string of the molecule is CC(C)c1ccccc1-n1ncc(C(=O)Nc2cnc(-n3nccn3)c(Cl)c2)c1C(F)(F)F. The molecular formula is C21H17ClF3N7O. The van der Waals surface area contributed by atoms with Crippen LogP contribution in [0.1, 0.15) is 41.4 Å². The van der Waals surface area contributed by atoms with Crippen molar-refractivity contribution in [1.29, 1.82) is 0 Å². The fourth-order valence-corrected chi connectivity index (χ4v) is 3.55. The largest absolute Gasteiger partial charge is 0.434 e. The molecule has 0 aliphatic carbocycles. The molecule has 0 saturated heterocycles. The molecule has 170 valence electrons. The van der Waals surface area contributed by atoms with E-state index in [1.807, 2.05) is 13.8 Å². The van der Waals surface area contributed by atoms with E-state index in [0.29, 0.717) is 5.56 Å². The fourth-order valence-electron chi connectivity index (χ4n) is 3.31. The Labute approximate surface area is 191 Å². The van der Waals surface area contributed by atoms with Gasteiger partial charge < -0.3 is 5.32 Å². The van der Waals surface area contributed by atoms with Gasteiger partial charge in [0.25, 0.3) is 5.91 Å². The number of aromatic nitrogens is 6. The third kappa shape index (κ3) is 4.44. The van der Waals surface area contributed by atoms with E-state index in [9.17, 15) is 18.0 Å². The Morgan fingerprint density at radius 3 is 2.42 bits per heavy atom. The maximum absolute atomic E-state index is 14.0. The maximum atomic E-state index is 14.0. The second-order valence-electron chi connectivity index (χ2n) is 7.33. The van der Waals surface area contributed by atoms with Crippen LogP contribution in [0.25, 0.3) is 11.5 Å². The molecule has 0 radical (unpaired) electrons. The number of hydrogen-bond acceptors (Lipinski definition) is 5. The van der Waals surface area contributed by atoms with Gasteiger partial charge >= 0.3 is 6.18 Å². The molecule has 0 unspecified atom stereocenters. The molecule has 0 saturated carbocycles. The van der Waals surface area contributed by atoms with Gasteiger partial charge in [0.1, 0.15) is 0 Å². The van der Waals surface area contributed by atoms with Crippen LogP contribution >= 0.6 is 11.6 Å². The smallest absolute Gasteiger partial charge is 0.320 e. The second-order valence-corrected chi connectivity index (χ2v) is 7.74. The molecule has 1 amide bonds. The van der Waals surface area contributed by atoms with Gasteiger partial charge in [-0.2, -0.15) is 28.5 Å². The molecule has 4 rings (SSSR count). The molecule has 1 aromatic carbocycles. The minimum atomic E-state index is -4.83. The van der Waals surface area contributed by atoms with Gasteiger partial charge in [0.15, 0.2) is 11.5 Å². The van der Waals surface area contributed by atoms with Crippen molar-refractivity contribution >= 4 is 23.2 Å². The molecule has 12 heteroatoms. The van der Waals surface area contributed by atoms with Gasteiger partial charge in [-0.05, 0) is 23.6 Å². The number of carbonyl (C=O) groups is 1. The van der Waals surface area contributed by atoms with Crippen molar-refractivity contribution in [2.24, 2.45) is 0 Å². The Kier molecular flexibility index (Phi) is 5.90. The molecular weight excluding hydrogens is 459 g/mol. The van der Waals surface area contributed by atoms with E-state index in [-0.39, 0.29) is 28.1 Å². The van der Waals surface area contributed by atoms with Crippen LogP contribution in [0, 0.1) is 0 Å². The number of para-hydroxylation sites is 1. The zero-order chi connectivity index (χ0) is 23.8. The lowest BCUT2D eigenvalue weighted by molar-refractivity contribution is -0.143. The summed E-state index contributed by atoms with van der Waals surface area (Å²) in [5, 5.41) is 14.2. The molecule has 8 nitrogen and oxygen atoms in total. The first kappa shape index (κ1) is 22.5. The van der Waals surface area contributed by atoms with Crippen LogP contribution in [0.5, 0.6) is 0 Å². The van der Waals surface area contributed by atoms with E-state index in [2.05, 4.69) is 25.6 Å². The fraction of sp³-hybridized carbons (Fsp3) is 0.190. The number of amides is 1. The number of hydrogen-bond donors (Lipinski definition) is 1. The minimum absolute atomic E-state index is 0.0558. The first-order valence-corrected chi connectivity index (χ1v) is 10.1. The maximum Gasteiger partial charge on any atom is 0.434 e. The van der Waals surface area contributed by atoms with E-state index in [0.717, 1.165) is 10.9 Å². The number of nitrogens with zero attached hydrogens (tertiary/aromatic N) is 6. The van der Waals surface area contributed by atoms with Crippen molar-refractivity contribution in [2.75, 3.05) is 5.32 Å². The lowest BCUT2D eigenvalue weighted by Crippen LogP contribution is -2.21. The first-order valence-electron chi connectivity index (χ1n) is 9.75. The van der Waals surface area contributed by atoms with E-state index in [1.54, 1.807) is 18.2 Å². The van der Waals surface area contributed by atoms with Crippen LogP contribution in [0.3, 0.4) is 0 Å². The minimum Gasteiger partial charge on any atom is -0.320 e. The van der Waals surface area contributed by atoms with Crippen molar-refractivity contribution in [3.05, 3.63) is 77.0 Å². The van der Waals surface area contributed by atoms with Crippen molar-refractivity contribution in [2.45, 2.75) is 25.9 Å². The monoisotopic (exact) mass is 475 g/mol. The average Bonchev–Trinajstić information content (AvgIpc) is 3.44. The number of carbonyl (C=O) groups excluding carboxylic acids is 1. The first-order chi connectivity index (χ1) is 15.7. The van der Waals surface area contributed by atoms with Gasteiger partial charge in [-0.3, -0.25) is 4.79 Å². The molecule has 4 aromatic rings. The highest BCUT2D eigenvalue weighted by Crippen LogP contribution is 2.35. The van der Waals surface area contributed by atoms with E-state index < -0.39 is 23.3 Å². The molecule has 3 aromatic heterocycles. The number of nitrogens with one attached hydrogen (secondary N) is 1. The third-order valence-corrected chi connectivity index (χ3v) is 5.04. The summed E-state index contributed by atoms with van der Waals surface area (Å²) in [6.45, 7) is 3.73. The summed E-state index contributed by atoms with van der Waals surface area (Å²) < 4.78 is 42.9. The summed E-state index contributed by atoms with van der Waals surface area (Å²) >= 11 is 6.17. The van der Waals surface area contributed by atoms with Gasteiger partial charge in [-0.15, -0.1) is 4.80 Å². The highest BCUT2D eigenvalue weighted by molar-refractivity contribution is 6.32. The number of anilines is 1. The van der Waals surface area contributed by atoms with Crippen molar-refractivity contribution in [1.82, 2.24) is 29.8 Å². The summed E-state index contributed by atoms with van der Waals surface area (Å²) in [7, 11) is 0. The average molecular weight is 476 g/mol. The summed E-state index contributed by atoms with van der Waals surface area (Å²) in [5.74, 6) is -0.855. The topological polar surface area (TPSA) is 90.5 Å². The molecule has 3 heterocycles. The number of pyridine rings is 1. The van der Waals surface area contributed by atoms with Gasteiger partial charge in [-0.1, -0.05) is 43.6 Å². The van der Waals surface area contributed by atoms with Gasteiger partial charge in [0.05, 0.1) is 46.7 Å². The number of alkyl halides is 3. The van der Waals surface area contributed by atoms with Gasteiger partial charge in [0, 0.05) is 0 Å². The highest BCUT2D eigenvalue weighted by Gasteiger charge is 2.41. The Morgan fingerprint density at radius 2 is 1.79 bits per heavy atom. The third-order valence-electron chi connectivity index (χ3n) is 4.76. The van der Waals surface area contributed by atoms with Crippen molar-refractivity contribution < 1.29 is 18.0 Å². The molecule has 33 heavy (non-hydrogen) atoms. The Balaban J connectivity index is 1.70. The standard InChI is InChI=1S/C21H17ClF3N7O/c1-12(2)14-5-3-4-6-17(14)31-18(21(23,24)25)15(11-29-31)20(33)30-13-9-16(22)19(26-10-13)32-27-7-8-28-32/h3-12H,1-2H3,(H,30,33). The lowest BCUT2D eigenvalue weighted by Gasteiger charge is -2.17. The molecule has 0 fully saturated rings. The molecule has 0 spiro atoms. The van der Waals surface area contributed by atoms with E-state index >= 15 is 0 Å². The van der Waals surface area contributed by atoms with Crippen LogP contribution in [-0.4, -0.2) is 35.7 Å². The molecule has 0 aliphatic heterocycles. The number of rotatable bonds is 5. The summed E-state index contributed by atoms with van der Waals surface area (Å²) in [5.41, 5.74) is -0.791. The highest BCUT2D eigenvalue weighted by atomic mass is 35.5. The number of halogens is 4. The van der Waals surface area contributed by atoms with E-state index in [1.165, 1.54) is 35.5 Å². The Morgan fingerprint density at radius 1 is 1.09 bits per heavy atom. The Bertz CT molecular complexity index is 1300. The van der Waals surface area contributed by atoms with Crippen LogP contribution < -0.4 is 5.32 Å². The summed E-state index contributed by atoms with van der Waals surface area (Å²) in [6.07, 6.45) is 0.169. The van der Waals surface area contributed by atoms with Crippen LogP contribution in [0.4, 0.5) is 18.9 Å². The van der Waals surface area contributed by atoms with Gasteiger partial charge in [-0.25, -0.2) is 9.67 Å². The second kappa shape index (κ2) is 8.66. The molecule has 1 N–H and O–H groups in total. The van der Waals surface area contributed by atoms with Crippen molar-refractivity contribution in [3.63, 3.8) is 0 Å². The zero-order valence-corrected chi connectivity index (χ0v) is 18.1. The molecule has 0 bridgehead atoms. The quantitative estimate of drug-likeness (QED) is 0.443. The normalized spacial score (nSPS) is 11.7. The summed E-state index contributed by atoms with van der Waals surface area (Å²) in [6, 6.07) is 7.96. The van der Waals surface area contributed by atoms with Crippen molar-refractivity contribution in [3.8, 4) is 11.5 Å². The van der Waals surface area contributed by atoms with Crippen LogP contribution in [0.15, 0.2) is 55.1 Å². The molecule has 0 atom stereocenters. The summed E-state index contributed by atoms with van der Waals surface area (Å²) in [4.78, 5) is 18.0. The predicted octanol–water partition coefficient (Wildman–Crippen LogP) is 4.90. The predicted molar refractivity (Wildman–Crippen MR) is 115 cm³/mol. The van der Waals surface area contributed by atoms with Crippen LogP contribution in [0.2, 0.25) is 5.02 Å². The number of benzene rings is 1. The van der Waals surface area contributed by atoms with Gasteiger partial charge in [0.2, 0.25) is 0 Å². The van der Waals surface area contributed by atoms with Crippen LogP contribution in [-0.2, 0) is 6.18 Å². The molecule has 0 aliphatic rings. The van der Waals surface area contributed by atoms with E-state index in [4.69, 9.17) is 11.6 Å².